The summed E-state index contributed by atoms with van der Waals surface area (Å²) < 4.78 is 0. The van der Waals surface area contributed by atoms with Crippen molar-refractivity contribution in [3.8, 4) is 0 Å². The molecule has 2 N–H and O–H groups in total. The van der Waals surface area contributed by atoms with Crippen LogP contribution in [0.5, 0.6) is 0 Å². The lowest BCUT2D eigenvalue weighted by Gasteiger charge is -2.26. The van der Waals surface area contributed by atoms with Crippen LogP contribution in [0.2, 0.25) is 0 Å². The van der Waals surface area contributed by atoms with Crippen LogP contribution in [-0.4, -0.2) is 29.0 Å². The van der Waals surface area contributed by atoms with Crippen molar-refractivity contribution in [2.24, 2.45) is 5.73 Å². The first-order valence-electron chi connectivity index (χ1n) is 4.65. The predicted molar refractivity (Wildman–Crippen MR) is 56.3 cm³/mol. The van der Waals surface area contributed by atoms with Crippen LogP contribution in [0.4, 0.5) is 0 Å². The summed E-state index contributed by atoms with van der Waals surface area (Å²) in [4.78, 5) is 3.08. The molecule has 1 rings (SSSR count). The highest BCUT2D eigenvalue weighted by atomic mass is 32.1. The Hall–Kier alpha value is -0.150. The van der Waals surface area contributed by atoms with E-state index in [1.165, 1.54) is 12.8 Å². The standard InChI is InChI=1S/C9H18N2S/c1-3-7(6-9(10)12)11(2)8-4-5-8/h7-8H,3-6H2,1-2H3,(H2,10,12). The molecule has 2 nitrogen and oxygen atoms in total. The van der Waals surface area contributed by atoms with E-state index in [0.29, 0.717) is 11.0 Å². The average Bonchev–Trinajstić information content (AvgIpc) is 2.80. The van der Waals surface area contributed by atoms with Crippen molar-refractivity contribution in [2.75, 3.05) is 7.05 Å². The Kier molecular flexibility index (Phi) is 3.47. The van der Waals surface area contributed by atoms with Crippen LogP contribution in [0.3, 0.4) is 0 Å². The van der Waals surface area contributed by atoms with Crippen molar-refractivity contribution in [1.29, 1.82) is 0 Å². The molecule has 1 fully saturated rings. The topological polar surface area (TPSA) is 29.3 Å². The van der Waals surface area contributed by atoms with E-state index in [1.54, 1.807) is 0 Å². The maximum atomic E-state index is 5.53. The second-order valence-electron chi connectivity index (χ2n) is 3.63. The van der Waals surface area contributed by atoms with Crippen LogP contribution in [-0.2, 0) is 0 Å². The molecule has 1 atom stereocenters. The molecule has 1 saturated carbocycles. The summed E-state index contributed by atoms with van der Waals surface area (Å²) in [6.07, 6.45) is 4.72. The Morgan fingerprint density at radius 2 is 2.25 bits per heavy atom. The molecule has 0 aromatic rings. The molecule has 1 aliphatic rings. The van der Waals surface area contributed by atoms with Gasteiger partial charge in [-0.2, -0.15) is 0 Å². The normalized spacial score (nSPS) is 19.6. The minimum Gasteiger partial charge on any atom is -0.393 e. The first-order valence-corrected chi connectivity index (χ1v) is 5.06. The van der Waals surface area contributed by atoms with Crippen LogP contribution < -0.4 is 5.73 Å². The van der Waals surface area contributed by atoms with Gasteiger partial charge in [-0.15, -0.1) is 0 Å². The molecule has 0 heterocycles. The van der Waals surface area contributed by atoms with Crippen LogP contribution in [0.15, 0.2) is 0 Å². The molecule has 12 heavy (non-hydrogen) atoms. The minimum atomic E-state index is 0.565. The molecule has 0 aromatic carbocycles. The number of rotatable bonds is 5. The number of thiocarbonyl (C=S) groups is 1. The maximum absolute atomic E-state index is 5.53. The van der Waals surface area contributed by atoms with Gasteiger partial charge < -0.3 is 10.6 Å². The number of nitrogens with zero attached hydrogens (tertiary/aromatic N) is 1. The number of hydrogen-bond donors (Lipinski definition) is 1. The van der Waals surface area contributed by atoms with E-state index >= 15 is 0 Å². The Labute approximate surface area is 80.1 Å². The smallest absolute Gasteiger partial charge is 0.0743 e. The Balaban J connectivity index is 2.36. The van der Waals surface area contributed by atoms with E-state index in [9.17, 15) is 0 Å². The Bertz CT molecular complexity index is 166. The number of hydrogen-bond acceptors (Lipinski definition) is 2. The molecule has 1 aliphatic carbocycles. The molecule has 70 valence electrons. The molecule has 0 radical (unpaired) electrons. The van der Waals surface area contributed by atoms with Crippen molar-refractivity contribution >= 4 is 17.2 Å². The summed E-state index contributed by atoms with van der Waals surface area (Å²) in [5.74, 6) is 0. The summed E-state index contributed by atoms with van der Waals surface area (Å²) in [5.41, 5.74) is 5.53. The van der Waals surface area contributed by atoms with Gasteiger partial charge in [0.25, 0.3) is 0 Å². The summed E-state index contributed by atoms with van der Waals surface area (Å²) in [6.45, 7) is 2.20. The van der Waals surface area contributed by atoms with Gasteiger partial charge in [-0.1, -0.05) is 19.1 Å². The summed E-state index contributed by atoms with van der Waals surface area (Å²) in [5, 5.41) is 0. The van der Waals surface area contributed by atoms with Gasteiger partial charge in [-0.05, 0) is 26.3 Å². The molecule has 0 amide bonds. The van der Waals surface area contributed by atoms with E-state index in [1.807, 2.05) is 0 Å². The number of nitrogens with two attached hydrogens (primary N) is 1. The van der Waals surface area contributed by atoms with Gasteiger partial charge in [0, 0.05) is 18.5 Å². The fraction of sp³-hybridized carbons (Fsp3) is 0.889. The van der Waals surface area contributed by atoms with Crippen molar-refractivity contribution in [1.82, 2.24) is 4.90 Å². The maximum Gasteiger partial charge on any atom is 0.0743 e. The highest BCUT2D eigenvalue weighted by Crippen LogP contribution is 2.28. The van der Waals surface area contributed by atoms with E-state index in [-0.39, 0.29) is 0 Å². The van der Waals surface area contributed by atoms with E-state index < -0.39 is 0 Å². The van der Waals surface area contributed by atoms with E-state index in [4.69, 9.17) is 18.0 Å². The summed E-state index contributed by atoms with van der Waals surface area (Å²) >= 11 is 4.92. The van der Waals surface area contributed by atoms with Crippen molar-refractivity contribution in [3.05, 3.63) is 0 Å². The summed E-state index contributed by atoms with van der Waals surface area (Å²) in [6, 6.07) is 1.37. The lowest BCUT2D eigenvalue weighted by molar-refractivity contribution is 0.231. The van der Waals surface area contributed by atoms with Gasteiger partial charge >= 0.3 is 0 Å². The molecule has 0 aromatic heterocycles. The molecule has 0 bridgehead atoms. The SMILES string of the molecule is CCC(CC(N)=S)N(C)C1CC1. The van der Waals surface area contributed by atoms with Gasteiger partial charge in [-0.3, -0.25) is 0 Å². The van der Waals surface area contributed by atoms with Gasteiger partial charge in [0.2, 0.25) is 0 Å². The van der Waals surface area contributed by atoms with Crippen LogP contribution in [0.25, 0.3) is 0 Å². The molecule has 0 aliphatic heterocycles. The first kappa shape index (κ1) is 9.93. The first-order chi connectivity index (χ1) is 5.65. The third kappa shape index (κ3) is 2.72. The zero-order valence-electron chi connectivity index (χ0n) is 7.92. The third-order valence-electron chi connectivity index (χ3n) is 2.61. The molecule has 0 saturated heterocycles. The Morgan fingerprint density at radius 1 is 1.67 bits per heavy atom. The second-order valence-corrected chi connectivity index (χ2v) is 4.15. The second kappa shape index (κ2) is 4.19. The fourth-order valence-corrected chi connectivity index (χ4v) is 1.78. The molecular weight excluding hydrogens is 168 g/mol. The highest BCUT2D eigenvalue weighted by molar-refractivity contribution is 7.80. The molecule has 3 heteroatoms. The van der Waals surface area contributed by atoms with Crippen LogP contribution in [0, 0.1) is 0 Å². The molecule has 1 unspecified atom stereocenters. The highest BCUT2D eigenvalue weighted by Gasteiger charge is 2.30. The van der Waals surface area contributed by atoms with Crippen LogP contribution in [0.1, 0.15) is 32.6 Å². The van der Waals surface area contributed by atoms with E-state index in [2.05, 4.69) is 18.9 Å². The summed E-state index contributed by atoms with van der Waals surface area (Å²) in [7, 11) is 2.18. The minimum absolute atomic E-state index is 0.565. The van der Waals surface area contributed by atoms with Crippen LogP contribution >= 0.6 is 12.2 Å². The van der Waals surface area contributed by atoms with E-state index in [0.717, 1.165) is 18.9 Å². The predicted octanol–water partition coefficient (Wildman–Crippen LogP) is 1.54. The van der Waals surface area contributed by atoms with Gasteiger partial charge in [0.1, 0.15) is 0 Å². The lowest BCUT2D eigenvalue weighted by Crippen LogP contribution is -2.35. The van der Waals surface area contributed by atoms with Gasteiger partial charge in [0.05, 0.1) is 4.99 Å². The quantitative estimate of drug-likeness (QED) is 0.660. The van der Waals surface area contributed by atoms with Gasteiger partial charge in [0.15, 0.2) is 0 Å². The Morgan fingerprint density at radius 3 is 2.58 bits per heavy atom. The lowest BCUT2D eigenvalue weighted by atomic mass is 10.1. The molecule has 0 spiro atoms. The third-order valence-corrected chi connectivity index (χ3v) is 2.77. The van der Waals surface area contributed by atoms with Crippen molar-refractivity contribution < 1.29 is 0 Å². The van der Waals surface area contributed by atoms with Gasteiger partial charge in [-0.25, -0.2) is 0 Å². The zero-order chi connectivity index (χ0) is 9.14. The molecular formula is C9H18N2S. The van der Waals surface area contributed by atoms with Crippen molar-refractivity contribution in [2.45, 2.75) is 44.7 Å². The zero-order valence-corrected chi connectivity index (χ0v) is 8.73. The average molecular weight is 186 g/mol. The largest absolute Gasteiger partial charge is 0.393 e. The fourth-order valence-electron chi connectivity index (χ4n) is 1.59. The monoisotopic (exact) mass is 186 g/mol. The van der Waals surface area contributed by atoms with Crippen molar-refractivity contribution in [3.63, 3.8) is 0 Å².